The van der Waals surface area contributed by atoms with Crippen LogP contribution < -0.4 is 0 Å². The van der Waals surface area contributed by atoms with Gasteiger partial charge in [0.15, 0.2) is 0 Å². The Morgan fingerprint density at radius 1 is 0.697 bits per heavy atom. The molecule has 0 heterocycles. The fourth-order valence-corrected chi connectivity index (χ4v) is 20.8. The van der Waals surface area contributed by atoms with Gasteiger partial charge in [-0.3, -0.25) is 0 Å². The van der Waals surface area contributed by atoms with Crippen LogP contribution in [0.4, 0.5) is 0 Å². The Morgan fingerprint density at radius 2 is 1.06 bits per heavy atom. The van der Waals surface area contributed by atoms with E-state index in [1.165, 1.54) is 55.7 Å². The SMILES string of the molecule is CCC(C)c1ccc(C)c2c1C=C(C)[CH]2[Zr]([Cl])([Cl])[CH]1C(C)=Cc2c(C(C)CC)ccc(C)c21. The van der Waals surface area contributed by atoms with Gasteiger partial charge in [0.1, 0.15) is 0 Å². The Balaban J connectivity index is 1.89. The van der Waals surface area contributed by atoms with Crippen LogP contribution in [0.5, 0.6) is 0 Å². The molecule has 33 heavy (non-hydrogen) atoms. The zero-order chi connectivity index (χ0) is 24.2. The summed E-state index contributed by atoms with van der Waals surface area (Å²) in [4.78, 5) is 0. The van der Waals surface area contributed by atoms with E-state index in [-0.39, 0.29) is 7.25 Å². The third kappa shape index (κ3) is 4.09. The van der Waals surface area contributed by atoms with Crippen molar-refractivity contribution in [3.8, 4) is 0 Å². The monoisotopic (exact) mass is 558 g/mol. The van der Waals surface area contributed by atoms with Gasteiger partial charge in [0, 0.05) is 0 Å². The molecule has 2 aliphatic rings. The summed E-state index contributed by atoms with van der Waals surface area (Å²) in [5, 5.41) is 0. The Morgan fingerprint density at radius 3 is 1.39 bits per heavy atom. The molecule has 0 spiro atoms. The molecule has 4 rings (SSSR count). The van der Waals surface area contributed by atoms with Gasteiger partial charge in [-0.05, 0) is 0 Å². The second-order valence-electron chi connectivity index (χ2n) is 10.5. The molecule has 176 valence electrons. The summed E-state index contributed by atoms with van der Waals surface area (Å²) in [7, 11) is 15.5. The van der Waals surface area contributed by atoms with Crippen LogP contribution in [0.15, 0.2) is 35.4 Å². The van der Waals surface area contributed by atoms with Gasteiger partial charge < -0.3 is 0 Å². The average Bonchev–Trinajstić information content (AvgIpc) is 3.31. The normalized spacial score (nSPS) is 21.4. The summed E-state index contributed by atoms with van der Waals surface area (Å²) >= 11 is -3.83. The average molecular weight is 561 g/mol. The molecule has 0 aromatic heterocycles. The van der Waals surface area contributed by atoms with Crippen LogP contribution in [-0.4, -0.2) is 0 Å². The third-order valence-electron chi connectivity index (χ3n) is 8.37. The Bertz CT molecular complexity index is 1060. The second kappa shape index (κ2) is 9.45. The topological polar surface area (TPSA) is 0 Å². The van der Waals surface area contributed by atoms with Crippen molar-refractivity contribution in [3.63, 3.8) is 0 Å². The molecular weight excluding hydrogens is 522 g/mol. The predicted octanol–water partition coefficient (Wildman–Crippen LogP) is 10.4. The van der Waals surface area contributed by atoms with Crippen molar-refractivity contribution in [2.75, 3.05) is 0 Å². The molecule has 0 nitrogen and oxygen atoms in total. The molecule has 2 aromatic carbocycles. The fourth-order valence-electron chi connectivity index (χ4n) is 6.15. The van der Waals surface area contributed by atoms with Crippen molar-refractivity contribution in [1.29, 1.82) is 0 Å². The Hall–Kier alpha value is -0.617. The first kappa shape index (κ1) is 25.5. The zero-order valence-corrected chi connectivity index (χ0v) is 25.4. The number of fused-ring (bicyclic) bond motifs is 2. The first-order valence-electron chi connectivity index (χ1n) is 12.5. The van der Waals surface area contributed by atoms with Crippen LogP contribution in [0.3, 0.4) is 0 Å². The molecule has 0 N–H and O–H groups in total. The minimum atomic E-state index is -3.83. The molecular formula is C30H38Cl2Zr. The number of rotatable bonds is 6. The van der Waals surface area contributed by atoms with Crippen molar-refractivity contribution < 1.29 is 17.9 Å². The molecule has 2 aromatic rings. The molecule has 0 fully saturated rings. The molecule has 0 bridgehead atoms. The van der Waals surface area contributed by atoms with E-state index in [0.29, 0.717) is 11.8 Å². The molecule has 0 amide bonds. The first-order chi connectivity index (χ1) is 15.5. The van der Waals surface area contributed by atoms with Crippen LogP contribution >= 0.6 is 17.0 Å². The molecule has 0 radical (unpaired) electrons. The van der Waals surface area contributed by atoms with E-state index in [0.717, 1.165) is 12.8 Å². The summed E-state index contributed by atoms with van der Waals surface area (Å²) in [5.41, 5.74) is 13.9. The summed E-state index contributed by atoms with van der Waals surface area (Å²) in [5.74, 6) is 1.07. The van der Waals surface area contributed by atoms with E-state index in [2.05, 4.69) is 91.8 Å². The van der Waals surface area contributed by atoms with Gasteiger partial charge >= 0.3 is 214 Å². The number of allylic oxidation sites excluding steroid dienone is 2. The Labute approximate surface area is 213 Å². The maximum absolute atomic E-state index is 7.76. The van der Waals surface area contributed by atoms with Crippen LogP contribution in [0.25, 0.3) is 12.2 Å². The number of aryl methyl sites for hydroxylation is 2. The van der Waals surface area contributed by atoms with Gasteiger partial charge in [-0.1, -0.05) is 0 Å². The second-order valence-corrected chi connectivity index (χ2v) is 25.2. The maximum atomic E-state index is 7.76. The summed E-state index contributed by atoms with van der Waals surface area (Å²) in [6.07, 6.45) is 7.09. The zero-order valence-electron chi connectivity index (χ0n) is 21.4. The van der Waals surface area contributed by atoms with Crippen LogP contribution in [-0.2, 0) is 17.9 Å². The number of hydrogen-bond acceptors (Lipinski definition) is 0. The Kier molecular flexibility index (Phi) is 7.29. The van der Waals surface area contributed by atoms with Gasteiger partial charge in [-0.25, -0.2) is 0 Å². The van der Waals surface area contributed by atoms with Crippen molar-refractivity contribution in [2.24, 2.45) is 0 Å². The molecule has 4 unspecified atom stereocenters. The molecule has 3 heteroatoms. The number of hydrogen-bond donors (Lipinski definition) is 0. The van der Waals surface area contributed by atoms with E-state index < -0.39 is 17.9 Å². The van der Waals surface area contributed by atoms with E-state index in [1.54, 1.807) is 0 Å². The molecule has 4 atom stereocenters. The van der Waals surface area contributed by atoms with Crippen molar-refractivity contribution in [1.82, 2.24) is 0 Å². The number of benzene rings is 2. The quantitative estimate of drug-likeness (QED) is 0.330. The fraction of sp³-hybridized carbons (Fsp3) is 0.467. The van der Waals surface area contributed by atoms with Crippen LogP contribution in [0.2, 0.25) is 0 Å². The molecule has 0 saturated heterocycles. The summed E-state index contributed by atoms with van der Waals surface area (Å²) in [6.45, 7) is 18.2. The summed E-state index contributed by atoms with van der Waals surface area (Å²) < 4.78 is 0.375. The van der Waals surface area contributed by atoms with Crippen LogP contribution in [0.1, 0.15) is 118 Å². The van der Waals surface area contributed by atoms with E-state index in [1.807, 2.05) is 0 Å². The van der Waals surface area contributed by atoms with Crippen molar-refractivity contribution in [3.05, 3.63) is 79.9 Å². The van der Waals surface area contributed by atoms with Gasteiger partial charge in [0.2, 0.25) is 0 Å². The third-order valence-corrected chi connectivity index (χ3v) is 21.0. The minimum absolute atomic E-state index is 0.188. The van der Waals surface area contributed by atoms with Gasteiger partial charge in [0.05, 0.1) is 0 Å². The van der Waals surface area contributed by atoms with E-state index in [4.69, 9.17) is 17.0 Å². The first-order valence-corrected chi connectivity index (χ1v) is 21.7. The van der Waals surface area contributed by atoms with Crippen molar-refractivity contribution >= 4 is 29.2 Å². The predicted molar refractivity (Wildman–Crippen MR) is 144 cm³/mol. The van der Waals surface area contributed by atoms with Crippen molar-refractivity contribution in [2.45, 2.75) is 87.3 Å². The van der Waals surface area contributed by atoms with Gasteiger partial charge in [-0.2, -0.15) is 0 Å². The van der Waals surface area contributed by atoms with Gasteiger partial charge in [-0.15, -0.1) is 0 Å². The molecule has 2 aliphatic carbocycles. The molecule has 0 aliphatic heterocycles. The van der Waals surface area contributed by atoms with Gasteiger partial charge in [0.25, 0.3) is 0 Å². The number of halogens is 2. The molecule has 0 saturated carbocycles. The van der Waals surface area contributed by atoms with Crippen LogP contribution in [0, 0.1) is 13.8 Å². The van der Waals surface area contributed by atoms with E-state index in [9.17, 15) is 0 Å². The van der Waals surface area contributed by atoms with E-state index >= 15 is 0 Å². The summed E-state index contributed by atoms with van der Waals surface area (Å²) in [6, 6.07) is 9.25. The standard InChI is InChI=1S/2C15H19.2ClH.Zr/c2*1-5-11(3)13-7-6-12(4)14-8-10(2)9-15(13)14;;;/h2*6-9,11H,5H2,1-4H3;2*1H;/q;;;;+2/p-2.